The van der Waals surface area contributed by atoms with Gasteiger partial charge in [0.1, 0.15) is 0 Å². The van der Waals surface area contributed by atoms with Gasteiger partial charge in [0.05, 0.1) is 0 Å². The average molecular weight is 923 g/mol. The van der Waals surface area contributed by atoms with Crippen molar-refractivity contribution in [3.8, 4) is 66.8 Å². The van der Waals surface area contributed by atoms with Crippen LogP contribution in [0.1, 0.15) is 25.0 Å². The van der Waals surface area contributed by atoms with E-state index in [0.29, 0.717) is 0 Å². The van der Waals surface area contributed by atoms with Crippen LogP contribution in [0, 0.1) is 0 Å². The van der Waals surface area contributed by atoms with E-state index in [9.17, 15) is 0 Å². The van der Waals surface area contributed by atoms with E-state index < -0.39 is 0 Å². The quantitative estimate of drug-likeness (QED) is 0.151. The Morgan fingerprint density at radius 2 is 0.685 bits per heavy atom. The highest BCUT2D eigenvalue weighted by atomic mass is 14.4. The van der Waals surface area contributed by atoms with Gasteiger partial charge in [0.25, 0.3) is 0 Å². The largest absolute Gasteiger partial charge is 0.0619 e. The fraction of sp³-hybridized carbons (Fsp3) is 0.0411. The van der Waals surface area contributed by atoms with E-state index >= 15 is 0 Å². The lowest BCUT2D eigenvalue weighted by atomic mass is 9.80. The number of fused-ring (bicyclic) bond motifs is 5. The molecule has 0 heterocycles. The Bertz CT molecular complexity index is 4780. The molecule has 0 aliphatic heterocycles. The molecule has 0 radical (unpaired) electrons. The third-order valence-electron chi connectivity index (χ3n) is 16.9. The van der Waals surface area contributed by atoms with Crippen LogP contribution < -0.4 is 0 Å². The summed E-state index contributed by atoms with van der Waals surface area (Å²) in [5.74, 6) is 0. The van der Waals surface area contributed by atoms with Crippen LogP contribution in [0.25, 0.3) is 153 Å². The van der Waals surface area contributed by atoms with E-state index in [-0.39, 0.29) is 5.41 Å². The van der Waals surface area contributed by atoms with Gasteiger partial charge < -0.3 is 0 Å². The monoisotopic (exact) mass is 922 g/mol. The van der Waals surface area contributed by atoms with Crippen LogP contribution in [0.15, 0.2) is 243 Å². The van der Waals surface area contributed by atoms with Crippen LogP contribution in [-0.4, -0.2) is 0 Å². The van der Waals surface area contributed by atoms with Crippen LogP contribution in [-0.2, 0) is 5.41 Å². The Hall–Kier alpha value is -9.10. The topological polar surface area (TPSA) is 0 Å². The first-order valence-corrected chi connectivity index (χ1v) is 25.7. The molecule has 15 aromatic carbocycles. The van der Waals surface area contributed by atoms with Gasteiger partial charge in [-0.25, -0.2) is 0 Å². The van der Waals surface area contributed by atoms with E-state index in [1.807, 2.05) is 0 Å². The minimum atomic E-state index is -0.132. The van der Waals surface area contributed by atoms with Crippen molar-refractivity contribution >= 4 is 86.2 Å². The molecule has 0 spiro atoms. The summed E-state index contributed by atoms with van der Waals surface area (Å²) in [7, 11) is 0. The summed E-state index contributed by atoms with van der Waals surface area (Å²) in [4.78, 5) is 0. The summed E-state index contributed by atoms with van der Waals surface area (Å²) in [6, 6.07) is 92.4. The third-order valence-corrected chi connectivity index (χ3v) is 16.9. The Kier molecular flexibility index (Phi) is 8.33. The van der Waals surface area contributed by atoms with Gasteiger partial charge in [0.2, 0.25) is 0 Å². The molecule has 1 aliphatic carbocycles. The predicted molar refractivity (Wildman–Crippen MR) is 314 cm³/mol. The Balaban J connectivity index is 1.02. The van der Waals surface area contributed by atoms with Gasteiger partial charge in [-0.3, -0.25) is 0 Å². The molecule has 0 unspecified atom stereocenters. The zero-order valence-corrected chi connectivity index (χ0v) is 40.6. The predicted octanol–water partition coefficient (Wildman–Crippen LogP) is 20.4. The average Bonchev–Trinajstić information content (AvgIpc) is 3.69. The molecule has 0 heteroatoms. The van der Waals surface area contributed by atoms with Crippen molar-refractivity contribution in [2.75, 3.05) is 0 Å². The van der Waals surface area contributed by atoms with Gasteiger partial charge in [-0.2, -0.15) is 0 Å². The highest BCUT2D eigenvalue weighted by Crippen LogP contribution is 2.52. The van der Waals surface area contributed by atoms with Crippen molar-refractivity contribution in [2.45, 2.75) is 19.3 Å². The van der Waals surface area contributed by atoms with E-state index in [2.05, 4.69) is 257 Å². The first-order chi connectivity index (χ1) is 35.9. The molecule has 0 atom stereocenters. The smallest absolute Gasteiger partial charge is 0.0159 e. The van der Waals surface area contributed by atoms with Gasteiger partial charge in [-0.15, -0.1) is 0 Å². The summed E-state index contributed by atoms with van der Waals surface area (Å²) in [6.45, 7) is 4.78. The fourth-order valence-electron chi connectivity index (χ4n) is 13.5. The van der Waals surface area contributed by atoms with Crippen LogP contribution in [0.4, 0.5) is 0 Å². The summed E-state index contributed by atoms with van der Waals surface area (Å²) in [6.07, 6.45) is 0. The summed E-state index contributed by atoms with van der Waals surface area (Å²) in [5.41, 5.74) is 17.6. The molecule has 16 rings (SSSR count). The minimum Gasteiger partial charge on any atom is -0.0619 e. The van der Waals surface area contributed by atoms with E-state index in [1.165, 1.54) is 164 Å². The maximum atomic E-state index is 2.53. The number of benzene rings is 15. The molecule has 0 N–H and O–H groups in total. The van der Waals surface area contributed by atoms with E-state index in [4.69, 9.17) is 0 Å². The van der Waals surface area contributed by atoms with Crippen molar-refractivity contribution in [1.29, 1.82) is 0 Å². The lowest BCUT2D eigenvalue weighted by Gasteiger charge is -2.23. The molecular formula is C73H46. The molecule has 0 amide bonds. The summed E-state index contributed by atoms with van der Waals surface area (Å²) < 4.78 is 0. The summed E-state index contributed by atoms with van der Waals surface area (Å²) >= 11 is 0. The molecule has 1 aliphatic rings. The van der Waals surface area contributed by atoms with Gasteiger partial charge in [-0.05, 0) is 194 Å². The second-order valence-electron chi connectivity index (χ2n) is 21.1. The van der Waals surface area contributed by atoms with Crippen molar-refractivity contribution in [3.05, 3.63) is 254 Å². The fourth-order valence-corrected chi connectivity index (χ4v) is 13.5. The van der Waals surface area contributed by atoms with Crippen molar-refractivity contribution in [2.24, 2.45) is 0 Å². The van der Waals surface area contributed by atoms with Gasteiger partial charge in [0.15, 0.2) is 0 Å². The molecule has 0 bridgehead atoms. The molecule has 0 saturated heterocycles. The van der Waals surface area contributed by atoms with Crippen LogP contribution in [0.3, 0.4) is 0 Å². The zero-order chi connectivity index (χ0) is 48.1. The zero-order valence-electron chi connectivity index (χ0n) is 40.6. The second-order valence-corrected chi connectivity index (χ2v) is 21.1. The SMILES string of the molecule is CC1(C)c2ccccc2-c2ccc(-c3cc(-c4c(-c5cccc6ccccc56)cc(-c5ccc6ccc7cccc8ccc5c6c78)c5ccccc45)cc(-c4ccc5ccc6cccc7ccc4c5c67)c3)cc21. The highest BCUT2D eigenvalue weighted by molar-refractivity contribution is 6.28. The van der Waals surface area contributed by atoms with Gasteiger partial charge >= 0.3 is 0 Å². The van der Waals surface area contributed by atoms with Crippen molar-refractivity contribution < 1.29 is 0 Å². The third kappa shape index (κ3) is 5.78. The van der Waals surface area contributed by atoms with Gasteiger partial charge in [0, 0.05) is 5.41 Å². The minimum absolute atomic E-state index is 0.132. The lowest BCUT2D eigenvalue weighted by molar-refractivity contribution is 0.660. The highest BCUT2D eigenvalue weighted by Gasteiger charge is 2.35. The van der Waals surface area contributed by atoms with E-state index in [1.54, 1.807) is 0 Å². The lowest BCUT2D eigenvalue weighted by Crippen LogP contribution is -2.14. The second kappa shape index (κ2) is 15.0. The normalized spacial score (nSPS) is 13.2. The first kappa shape index (κ1) is 40.6. The first-order valence-electron chi connectivity index (χ1n) is 25.7. The van der Waals surface area contributed by atoms with E-state index in [0.717, 1.165) is 0 Å². The number of rotatable bonds is 5. The Morgan fingerprint density at radius 3 is 1.41 bits per heavy atom. The van der Waals surface area contributed by atoms with Crippen molar-refractivity contribution in [1.82, 2.24) is 0 Å². The molecular weight excluding hydrogens is 877 g/mol. The van der Waals surface area contributed by atoms with Gasteiger partial charge in [-0.1, -0.05) is 226 Å². The molecule has 0 fully saturated rings. The Labute approximate surface area is 423 Å². The number of hydrogen-bond donors (Lipinski definition) is 0. The Morgan fingerprint density at radius 1 is 0.219 bits per heavy atom. The van der Waals surface area contributed by atoms with Crippen molar-refractivity contribution in [3.63, 3.8) is 0 Å². The molecule has 338 valence electrons. The maximum Gasteiger partial charge on any atom is 0.0159 e. The van der Waals surface area contributed by atoms with Crippen LogP contribution >= 0.6 is 0 Å². The van der Waals surface area contributed by atoms with Crippen LogP contribution in [0.2, 0.25) is 0 Å². The van der Waals surface area contributed by atoms with Crippen LogP contribution in [0.5, 0.6) is 0 Å². The molecule has 15 aromatic rings. The molecule has 0 saturated carbocycles. The molecule has 0 aromatic heterocycles. The maximum absolute atomic E-state index is 2.53. The standard InChI is InChI=1S/C73H46/c1-73(2)66-23-8-7-20-59(66)60-35-32-50(41-67(60)73)51-38-52(55-33-28-48-26-24-44-14-9-16-46-30-36-62(55)71(48)68(44)46)40-53(39-51)70-61-21-6-5-19-57(61)64(42-65(70)56-22-11-13-43-12-3-4-18-54(43)56)58-34-29-49-27-25-45-15-10-17-47-31-37-63(58)72(49)69(45)47/h3-42H,1-2H3. The molecule has 73 heavy (non-hydrogen) atoms. The molecule has 0 nitrogen and oxygen atoms in total. The summed E-state index contributed by atoms with van der Waals surface area (Å²) in [5, 5.41) is 20.5. The number of hydrogen-bond acceptors (Lipinski definition) is 0.